The first-order valence-corrected chi connectivity index (χ1v) is 2.41. The molecule has 0 aromatic heterocycles. The third-order valence-corrected chi connectivity index (χ3v) is 1.19. The normalized spacial score (nSPS) is 26.9. The number of rotatable bonds is 0. The fraction of sp³-hybridized carbons (Fsp3) is 0.500. The summed E-state index contributed by atoms with van der Waals surface area (Å²) in [6.45, 7) is 0. The highest BCUT2D eigenvalue weighted by atomic mass is 19.3. The molecule has 0 atom stereocenters. The molecule has 0 saturated carbocycles. The van der Waals surface area contributed by atoms with Crippen molar-refractivity contribution in [2.45, 2.75) is 11.8 Å². The van der Waals surface area contributed by atoms with Crippen LogP contribution in [0.25, 0.3) is 0 Å². The maximum Gasteiger partial charge on any atom is 0.396 e. The molecule has 62 valence electrons. The lowest BCUT2D eigenvalue weighted by atomic mass is 10.2. The third-order valence-electron chi connectivity index (χ3n) is 1.19. The molecule has 1 aliphatic rings. The molecule has 1 rings (SSSR count). The van der Waals surface area contributed by atoms with Crippen molar-refractivity contribution in [3.05, 3.63) is 0 Å². The van der Waals surface area contributed by atoms with E-state index in [1.807, 2.05) is 0 Å². The van der Waals surface area contributed by atoms with Crippen molar-refractivity contribution in [2.24, 2.45) is 0 Å². The second-order valence-electron chi connectivity index (χ2n) is 1.93. The Hall–Kier alpha value is -1.14. The average molecular weight is 171 g/mol. The van der Waals surface area contributed by atoms with E-state index in [4.69, 9.17) is 0 Å². The Morgan fingerprint density at radius 1 is 0.909 bits per heavy atom. The molecule has 0 aliphatic carbocycles. The Morgan fingerprint density at radius 3 is 1.27 bits per heavy atom. The van der Waals surface area contributed by atoms with Gasteiger partial charge in [-0.1, -0.05) is 0 Å². The Bertz CT molecular complexity index is 212. The van der Waals surface area contributed by atoms with Gasteiger partial charge in [-0.3, -0.25) is 14.9 Å². The quantitative estimate of drug-likeness (QED) is 0.409. The van der Waals surface area contributed by atoms with Crippen LogP contribution in [0.2, 0.25) is 0 Å². The van der Waals surface area contributed by atoms with Crippen LogP contribution in [0.5, 0.6) is 0 Å². The Kier molecular flexibility index (Phi) is 1.24. The largest absolute Gasteiger partial charge is 0.396 e. The van der Waals surface area contributed by atoms with Gasteiger partial charge in [-0.05, 0) is 0 Å². The topological polar surface area (TPSA) is 46.2 Å². The molecule has 0 aromatic rings. The summed E-state index contributed by atoms with van der Waals surface area (Å²) in [4.78, 5) is 19.9. The number of imide groups is 1. The fourth-order valence-corrected chi connectivity index (χ4v) is 0.545. The molecule has 1 N–H and O–H groups in total. The summed E-state index contributed by atoms with van der Waals surface area (Å²) in [5.74, 6) is -14.3. The summed E-state index contributed by atoms with van der Waals surface area (Å²) in [5.41, 5.74) is 0. The number of carbonyl (C=O) groups excluding carboxylic acids is 2. The van der Waals surface area contributed by atoms with E-state index < -0.39 is 23.7 Å². The van der Waals surface area contributed by atoms with Crippen molar-refractivity contribution < 1.29 is 27.2 Å². The molecule has 0 radical (unpaired) electrons. The van der Waals surface area contributed by atoms with Crippen LogP contribution in [-0.4, -0.2) is 23.7 Å². The van der Waals surface area contributed by atoms with Gasteiger partial charge in [0.15, 0.2) is 0 Å². The van der Waals surface area contributed by atoms with Crippen LogP contribution in [0.1, 0.15) is 0 Å². The van der Waals surface area contributed by atoms with Gasteiger partial charge in [0.05, 0.1) is 0 Å². The summed E-state index contributed by atoms with van der Waals surface area (Å²) in [6.07, 6.45) is 0. The van der Waals surface area contributed by atoms with Crippen molar-refractivity contribution in [1.82, 2.24) is 5.32 Å². The van der Waals surface area contributed by atoms with Crippen molar-refractivity contribution in [1.29, 1.82) is 0 Å². The van der Waals surface area contributed by atoms with Crippen molar-refractivity contribution in [3.8, 4) is 0 Å². The second kappa shape index (κ2) is 1.72. The predicted molar refractivity (Wildman–Crippen MR) is 23.0 cm³/mol. The van der Waals surface area contributed by atoms with Crippen molar-refractivity contribution in [2.75, 3.05) is 0 Å². The fourth-order valence-electron chi connectivity index (χ4n) is 0.545. The van der Waals surface area contributed by atoms with Crippen LogP contribution in [0.3, 0.4) is 0 Å². The van der Waals surface area contributed by atoms with Gasteiger partial charge < -0.3 is 0 Å². The maximum absolute atomic E-state index is 12.0. The van der Waals surface area contributed by atoms with Crippen LogP contribution in [0.4, 0.5) is 17.6 Å². The summed E-state index contributed by atoms with van der Waals surface area (Å²) >= 11 is 0. The Labute approximate surface area is 57.4 Å². The first-order chi connectivity index (χ1) is 4.80. The number of hydrogen-bond donors (Lipinski definition) is 1. The minimum atomic E-state index is -4.91. The zero-order valence-electron chi connectivity index (χ0n) is 4.83. The lowest BCUT2D eigenvalue weighted by molar-refractivity contribution is -0.192. The van der Waals surface area contributed by atoms with Gasteiger partial charge in [0.1, 0.15) is 0 Å². The van der Waals surface area contributed by atoms with E-state index in [0.29, 0.717) is 0 Å². The first kappa shape index (κ1) is 7.96. The van der Waals surface area contributed by atoms with Crippen LogP contribution in [-0.2, 0) is 9.59 Å². The zero-order chi connectivity index (χ0) is 8.86. The van der Waals surface area contributed by atoms with Gasteiger partial charge in [-0.2, -0.15) is 17.6 Å². The molecule has 2 amide bonds. The molecule has 11 heavy (non-hydrogen) atoms. The Morgan fingerprint density at radius 2 is 1.18 bits per heavy atom. The standard InChI is InChI=1S/C4HF4NO2/c5-3(6)1(10)9-2(11)4(3,7)8/h(H,9,10,11). The molecule has 1 heterocycles. The second-order valence-corrected chi connectivity index (χ2v) is 1.93. The maximum atomic E-state index is 12.0. The molecule has 1 fully saturated rings. The molecule has 1 aliphatic heterocycles. The van der Waals surface area contributed by atoms with Crippen LogP contribution < -0.4 is 5.32 Å². The molecular weight excluding hydrogens is 170 g/mol. The molecule has 0 aromatic carbocycles. The van der Waals surface area contributed by atoms with E-state index in [0.717, 1.165) is 5.32 Å². The highest BCUT2D eigenvalue weighted by molar-refractivity contribution is 6.11. The smallest absolute Gasteiger partial charge is 0.285 e. The molecular formula is C4HF4NO2. The molecule has 0 bridgehead atoms. The first-order valence-electron chi connectivity index (χ1n) is 2.41. The number of nitrogens with one attached hydrogen (secondary N) is 1. The van der Waals surface area contributed by atoms with Crippen LogP contribution >= 0.6 is 0 Å². The van der Waals surface area contributed by atoms with Crippen molar-refractivity contribution in [3.63, 3.8) is 0 Å². The number of halogens is 4. The lowest BCUT2D eigenvalue weighted by Gasteiger charge is -2.11. The number of amides is 2. The monoisotopic (exact) mass is 171 g/mol. The number of alkyl halides is 4. The highest BCUT2D eigenvalue weighted by Crippen LogP contribution is 2.38. The Balaban J connectivity index is 3.15. The van der Waals surface area contributed by atoms with Crippen LogP contribution in [0.15, 0.2) is 0 Å². The van der Waals surface area contributed by atoms with E-state index >= 15 is 0 Å². The van der Waals surface area contributed by atoms with Gasteiger partial charge in [-0.15, -0.1) is 0 Å². The molecule has 7 heteroatoms. The third kappa shape index (κ3) is 0.732. The van der Waals surface area contributed by atoms with Gasteiger partial charge in [0.25, 0.3) is 0 Å². The summed E-state index contributed by atoms with van der Waals surface area (Å²) in [7, 11) is 0. The van der Waals surface area contributed by atoms with Gasteiger partial charge in [0, 0.05) is 0 Å². The van der Waals surface area contributed by atoms with E-state index in [9.17, 15) is 27.2 Å². The lowest BCUT2D eigenvalue weighted by Crippen LogP contribution is -2.43. The highest BCUT2D eigenvalue weighted by Gasteiger charge is 2.72. The van der Waals surface area contributed by atoms with E-state index in [2.05, 4.69) is 0 Å². The molecule has 3 nitrogen and oxygen atoms in total. The van der Waals surface area contributed by atoms with Crippen LogP contribution in [0, 0.1) is 0 Å². The average Bonchev–Trinajstić information content (AvgIpc) is 1.95. The molecule has 0 spiro atoms. The minimum Gasteiger partial charge on any atom is -0.285 e. The number of carbonyl (C=O) groups is 2. The SMILES string of the molecule is O=C1NC(=O)C(F)(F)C1(F)F. The zero-order valence-corrected chi connectivity index (χ0v) is 4.83. The van der Waals surface area contributed by atoms with E-state index in [1.165, 1.54) is 0 Å². The minimum absolute atomic E-state index is 0.819. The molecule has 1 saturated heterocycles. The van der Waals surface area contributed by atoms with Gasteiger partial charge >= 0.3 is 23.7 Å². The number of hydrogen-bond acceptors (Lipinski definition) is 2. The molecule has 0 unspecified atom stereocenters. The summed E-state index contributed by atoms with van der Waals surface area (Å²) < 4.78 is 47.9. The van der Waals surface area contributed by atoms with E-state index in [-0.39, 0.29) is 0 Å². The van der Waals surface area contributed by atoms with Gasteiger partial charge in [0.2, 0.25) is 0 Å². The summed E-state index contributed by atoms with van der Waals surface area (Å²) in [5, 5.41) is 0.819. The van der Waals surface area contributed by atoms with E-state index in [1.54, 1.807) is 0 Å². The summed E-state index contributed by atoms with van der Waals surface area (Å²) in [6, 6.07) is 0. The van der Waals surface area contributed by atoms with Gasteiger partial charge in [-0.25, -0.2) is 0 Å². The predicted octanol–water partition coefficient (Wildman–Crippen LogP) is -0.0866. The van der Waals surface area contributed by atoms with Crippen molar-refractivity contribution >= 4 is 11.8 Å².